The molecule has 2 fully saturated rings. The molecule has 2 heterocycles. The first-order valence-electron chi connectivity index (χ1n) is 7.84. The molecule has 0 aliphatic carbocycles. The van der Waals surface area contributed by atoms with E-state index in [2.05, 4.69) is 54.2 Å². The summed E-state index contributed by atoms with van der Waals surface area (Å²) in [6, 6.07) is 10.5. The van der Waals surface area contributed by atoms with E-state index in [-0.39, 0.29) is 0 Å². The van der Waals surface area contributed by atoms with Crippen molar-refractivity contribution in [1.29, 1.82) is 0 Å². The van der Waals surface area contributed by atoms with Crippen molar-refractivity contribution >= 4 is 17.4 Å². The van der Waals surface area contributed by atoms with Gasteiger partial charge in [0, 0.05) is 35.8 Å². The predicted octanol–water partition coefficient (Wildman–Crippen LogP) is 3.72. The molecule has 20 heavy (non-hydrogen) atoms. The molecule has 110 valence electrons. The number of hydrogen-bond donors (Lipinski definition) is 0. The molecule has 0 aromatic heterocycles. The van der Waals surface area contributed by atoms with Crippen LogP contribution in [-0.2, 0) is 0 Å². The number of anilines is 1. The zero-order valence-corrected chi connectivity index (χ0v) is 13.7. The largest absolute Gasteiger partial charge is 0.365 e. The molecule has 2 atom stereocenters. The Bertz CT molecular complexity index is 460. The maximum Gasteiger partial charge on any atom is 0.0440 e. The maximum absolute atomic E-state index is 2.72. The van der Waals surface area contributed by atoms with Gasteiger partial charge in [-0.15, -0.1) is 11.8 Å². The van der Waals surface area contributed by atoms with E-state index < -0.39 is 0 Å². The zero-order valence-electron chi connectivity index (χ0n) is 12.9. The average Bonchev–Trinajstić information content (AvgIpc) is 2.93. The van der Waals surface area contributed by atoms with Crippen LogP contribution in [0.15, 0.2) is 29.2 Å². The van der Waals surface area contributed by atoms with E-state index in [0.717, 1.165) is 6.04 Å². The Balaban J connectivity index is 1.87. The van der Waals surface area contributed by atoms with Crippen molar-refractivity contribution < 1.29 is 0 Å². The molecule has 1 aromatic rings. The quantitative estimate of drug-likeness (QED) is 0.784. The number of piperazine rings is 1. The summed E-state index contributed by atoms with van der Waals surface area (Å²) in [5.74, 6) is 0.703. The van der Waals surface area contributed by atoms with Crippen LogP contribution in [0.1, 0.15) is 26.7 Å². The summed E-state index contributed by atoms with van der Waals surface area (Å²) in [7, 11) is 0. The standard InChI is InChI=1S/C17H26N2S/c1-13(2)17-12-18-9-5-7-15(18)11-19(17)14-6-4-8-16(10-14)20-3/h4,6,8,10,13,15,17H,5,7,9,11-12H2,1-3H3. The Morgan fingerprint density at radius 1 is 1.25 bits per heavy atom. The fourth-order valence-electron chi connectivity index (χ4n) is 3.70. The Labute approximate surface area is 127 Å². The SMILES string of the molecule is CSc1cccc(N2CC3CCCN3CC2C(C)C)c1. The van der Waals surface area contributed by atoms with E-state index in [4.69, 9.17) is 0 Å². The van der Waals surface area contributed by atoms with Crippen LogP contribution in [0.25, 0.3) is 0 Å². The minimum atomic E-state index is 0.654. The van der Waals surface area contributed by atoms with Crippen molar-refractivity contribution in [2.24, 2.45) is 5.92 Å². The highest BCUT2D eigenvalue weighted by Gasteiger charge is 2.37. The van der Waals surface area contributed by atoms with Gasteiger partial charge in [-0.25, -0.2) is 0 Å². The molecule has 0 bridgehead atoms. The molecule has 0 spiro atoms. The first kappa shape index (κ1) is 14.3. The lowest BCUT2D eigenvalue weighted by Gasteiger charge is -2.47. The average molecular weight is 290 g/mol. The summed E-state index contributed by atoms with van der Waals surface area (Å²) < 4.78 is 0. The minimum Gasteiger partial charge on any atom is -0.365 e. The molecule has 3 rings (SSSR count). The number of nitrogens with zero attached hydrogens (tertiary/aromatic N) is 2. The normalized spacial score (nSPS) is 27.1. The fraction of sp³-hybridized carbons (Fsp3) is 0.647. The van der Waals surface area contributed by atoms with Gasteiger partial charge in [0.1, 0.15) is 0 Å². The Morgan fingerprint density at radius 3 is 2.85 bits per heavy atom. The second-order valence-electron chi connectivity index (χ2n) is 6.46. The van der Waals surface area contributed by atoms with Crippen LogP contribution in [0.5, 0.6) is 0 Å². The molecule has 1 aromatic carbocycles. The molecule has 0 N–H and O–H groups in total. The summed E-state index contributed by atoms with van der Waals surface area (Å²) in [5, 5.41) is 0. The van der Waals surface area contributed by atoms with Crippen molar-refractivity contribution in [3.63, 3.8) is 0 Å². The molecule has 3 heteroatoms. The van der Waals surface area contributed by atoms with E-state index in [1.54, 1.807) is 0 Å². The highest BCUT2D eigenvalue weighted by molar-refractivity contribution is 7.98. The maximum atomic E-state index is 2.72. The van der Waals surface area contributed by atoms with Crippen molar-refractivity contribution in [1.82, 2.24) is 4.90 Å². The van der Waals surface area contributed by atoms with Gasteiger partial charge in [0.05, 0.1) is 0 Å². The Kier molecular flexibility index (Phi) is 4.27. The summed E-state index contributed by atoms with van der Waals surface area (Å²) in [6.07, 6.45) is 4.92. The Morgan fingerprint density at radius 2 is 2.10 bits per heavy atom. The van der Waals surface area contributed by atoms with Crippen LogP contribution in [0.4, 0.5) is 5.69 Å². The summed E-state index contributed by atoms with van der Waals surface area (Å²) in [4.78, 5) is 6.77. The molecular formula is C17H26N2S. The molecule has 0 saturated carbocycles. The van der Waals surface area contributed by atoms with E-state index in [0.29, 0.717) is 12.0 Å². The van der Waals surface area contributed by atoms with Gasteiger partial charge in [-0.2, -0.15) is 0 Å². The second-order valence-corrected chi connectivity index (χ2v) is 7.34. The molecule has 2 saturated heterocycles. The van der Waals surface area contributed by atoms with Crippen LogP contribution in [-0.4, -0.2) is 42.9 Å². The van der Waals surface area contributed by atoms with Gasteiger partial charge in [-0.05, 0) is 49.8 Å². The van der Waals surface area contributed by atoms with Crippen molar-refractivity contribution in [2.45, 2.75) is 43.7 Å². The molecule has 0 radical (unpaired) electrons. The van der Waals surface area contributed by atoms with Gasteiger partial charge in [0.25, 0.3) is 0 Å². The first-order chi connectivity index (χ1) is 9.69. The number of hydrogen-bond acceptors (Lipinski definition) is 3. The third-order valence-electron chi connectivity index (χ3n) is 4.88. The number of rotatable bonds is 3. The molecule has 2 aliphatic heterocycles. The topological polar surface area (TPSA) is 6.48 Å². The number of thioether (sulfide) groups is 1. The second kappa shape index (κ2) is 5.98. The van der Waals surface area contributed by atoms with Gasteiger partial charge in [-0.1, -0.05) is 19.9 Å². The molecule has 2 aliphatic rings. The van der Waals surface area contributed by atoms with Crippen molar-refractivity contribution in [2.75, 3.05) is 30.8 Å². The predicted molar refractivity (Wildman–Crippen MR) is 88.8 cm³/mol. The zero-order chi connectivity index (χ0) is 14.1. The van der Waals surface area contributed by atoms with E-state index in [1.165, 1.54) is 43.1 Å². The molecule has 2 nitrogen and oxygen atoms in total. The van der Waals surface area contributed by atoms with Crippen molar-refractivity contribution in [3.8, 4) is 0 Å². The van der Waals surface area contributed by atoms with Gasteiger partial charge in [-0.3, -0.25) is 4.90 Å². The third kappa shape index (κ3) is 2.71. The minimum absolute atomic E-state index is 0.654. The summed E-state index contributed by atoms with van der Waals surface area (Å²) in [6.45, 7) is 8.50. The van der Waals surface area contributed by atoms with E-state index >= 15 is 0 Å². The molecule has 0 amide bonds. The monoisotopic (exact) mass is 290 g/mol. The number of fused-ring (bicyclic) bond motifs is 1. The summed E-state index contributed by atoms with van der Waals surface area (Å²) in [5.41, 5.74) is 1.42. The van der Waals surface area contributed by atoms with E-state index in [1.807, 2.05) is 11.8 Å². The highest BCUT2D eigenvalue weighted by atomic mass is 32.2. The highest BCUT2D eigenvalue weighted by Crippen LogP contribution is 2.32. The summed E-state index contributed by atoms with van der Waals surface area (Å²) >= 11 is 1.84. The van der Waals surface area contributed by atoms with Crippen LogP contribution in [0, 0.1) is 5.92 Å². The van der Waals surface area contributed by atoms with Crippen molar-refractivity contribution in [3.05, 3.63) is 24.3 Å². The van der Waals surface area contributed by atoms with Gasteiger partial charge < -0.3 is 4.90 Å². The lowest BCUT2D eigenvalue weighted by molar-refractivity contribution is 0.176. The number of benzene rings is 1. The van der Waals surface area contributed by atoms with Gasteiger partial charge in [0.15, 0.2) is 0 Å². The van der Waals surface area contributed by atoms with Crippen LogP contribution in [0.2, 0.25) is 0 Å². The fourth-order valence-corrected chi connectivity index (χ4v) is 4.15. The molecular weight excluding hydrogens is 264 g/mol. The molecule has 2 unspecified atom stereocenters. The Hall–Kier alpha value is -0.670. The van der Waals surface area contributed by atoms with Crippen LogP contribution in [0.3, 0.4) is 0 Å². The van der Waals surface area contributed by atoms with Crippen LogP contribution < -0.4 is 4.90 Å². The third-order valence-corrected chi connectivity index (χ3v) is 5.61. The van der Waals surface area contributed by atoms with Crippen LogP contribution >= 0.6 is 11.8 Å². The first-order valence-corrected chi connectivity index (χ1v) is 9.06. The smallest absolute Gasteiger partial charge is 0.0440 e. The van der Waals surface area contributed by atoms with Gasteiger partial charge >= 0.3 is 0 Å². The lowest BCUT2D eigenvalue weighted by atomic mass is 9.96. The van der Waals surface area contributed by atoms with Gasteiger partial charge in [0.2, 0.25) is 0 Å². The van der Waals surface area contributed by atoms with E-state index in [9.17, 15) is 0 Å². The lowest BCUT2D eigenvalue weighted by Crippen LogP contribution is -2.58.